The molecule has 0 unspecified atom stereocenters. The summed E-state index contributed by atoms with van der Waals surface area (Å²) in [4.78, 5) is 0. The smallest absolute Gasteiger partial charge is 0.195 e. The Balaban J connectivity index is 5.44. The van der Waals surface area contributed by atoms with Crippen molar-refractivity contribution in [1.29, 1.82) is 0 Å². The van der Waals surface area contributed by atoms with Gasteiger partial charge in [0.05, 0.1) is 0 Å². The molecule has 0 spiro atoms. The third-order valence-electron chi connectivity index (χ3n) is 3.42. The summed E-state index contributed by atoms with van der Waals surface area (Å²) in [6.07, 6.45) is -4.88. The van der Waals surface area contributed by atoms with E-state index in [-0.39, 0.29) is 12.8 Å². The molecule has 0 aromatic rings. The van der Waals surface area contributed by atoms with E-state index in [1.54, 1.807) is 0 Å². The fraction of sp³-hybridized carbons (Fsp3) is 0.857. The van der Waals surface area contributed by atoms with Crippen LogP contribution in [0.1, 0.15) is 45.4 Å². The largest absolute Gasteiger partial charge is 0.460 e. The van der Waals surface area contributed by atoms with E-state index in [4.69, 9.17) is 0 Å². The molecule has 0 aliphatic rings. The number of rotatable bonds is 10. The van der Waals surface area contributed by atoms with Gasteiger partial charge in [0.2, 0.25) is 0 Å². The first-order valence-electron chi connectivity index (χ1n) is 7.41. The minimum Gasteiger partial charge on any atom is -0.195 e. The van der Waals surface area contributed by atoms with Gasteiger partial charge in [-0.3, -0.25) is 0 Å². The molecule has 0 bridgehead atoms. The highest BCUT2D eigenvalue weighted by molar-refractivity contribution is 14.1. The third kappa shape index (κ3) is 5.37. The predicted molar refractivity (Wildman–Crippen MR) is 81.3 cm³/mol. The van der Waals surface area contributed by atoms with E-state index in [1.807, 2.05) is 6.92 Å². The normalized spacial score (nSPS) is 15.5. The lowest BCUT2D eigenvalue weighted by molar-refractivity contribution is -0.416. The minimum absolute atomic E-state index is 0.225. The van der Waals surface area contributed by atoms with Crippen molar-refractivity contribution in [2.24, 2.45) is 0 Å². The molecule has 0 aliphatic heterocycles. The van der Waals surface area contributed by atoms with Crippen LogP contribution in [0.4, 0.5) is 48.3 Å². The molecular formula is C14H16F11I. The van der Waals surface area contributed by atoms with Crippen LogP contribution in [0.3, 0.4) is 0 Å². The highest BCUT2D eigenvalue weighted by Gasteiger charge is 2.86. The fourth-order valence-electron chi connectivity index (χ4n) is 1.84. The van der Waals surface area contributed by atoms with Gasteiger partial charge in [-0.15, -0.1) is 0 Å². The lowest BCUT2D eigenvalue weighted by atomic mass is 9.97. The first-order valence-corrected chi connectivity index (χ1v) is 8.48. The van der Waals surface area contributed by atoms with E-state index in [0.717, 1.165) is 35.4 Å². The van der Waals surface area contributed by atoms with Crippen molar-refractivity contribution >= 4 is 22.6 Å². The van der Waals surface area contributed by atoms with Crippen molar-refractivity contribution in [2.75, 3.05) is 0 Å². The lowest BCUT2D eigenvalue weighted by Crippen LogP contribution is -2.66. The Morgan fingerprint density at radius 3 is 1.58 bits per heavy atom. The number of allylic oxidation sites excluding steroid dienone is 2. The number of halogens is 12. The summed E-state index contributed by atoms with van der Waals surface area (Å²) < 4.78 is 140. The van der Waals surface area contributed by atoms with Crippen LogP contribution in [0, 0.1) is 0 Å². The maximum atomic E-state index is 13.5. The van der Waals surface area contributed by atoms with Crippen LogP contribution in [-0.4, -0.2) is 29.9 Å². The monoisotopic (exact) mass is 520 g/mol. The van der Waals surface area contributed by atoms with E-state index in [9.17, 15) is 48.3 Å². The second-order valence-corrected chi connectivity index (χ2v) is 6.98. The standard InChI is InChI=1S/C14H16F11I/c1-2-3-4-5-6-7-9(26)8-10(15,16)11(17,18)12(19,20)13(21,22)14(23,24)25/h8H,2-7H2,1H3. The summed E-state index contributed by atoms with van der Waals surface area (Å²) in [5.74, 6) is -27.6. The number of hydrogen-bond donors (Lipinski definition) is 0. The minimum atomic E-state index is -7.35. The molecule has 0 aromatic carbocycles. The van der Waals surface area contributed by atoms with Crippen LogP contribution in [-0.2, 0) is 0 Å². The topological polar surface area (TPSA) is 0 Å². The summed E-state index contributed by atoms with van der Waals surface area (Å²) >= 11 is 1.13. The Kier molecular flexibility index (Phi) is 8.70. The summed E-state index contributed by atoms with van der Waals surface area (Å²) in [7, 11) is 0. The van der Waals surface area contributed by atoms with E-state index in [2.05, 4.69) is 0 Å². The van der Waals surface area contributed by atoms with Crippen molar-refractivity contribution in [3.8, 4) is 0 Å². The molecule has 0 heterocycles. The van der Waals surface area contributed by atoms with E-state index in [1.165, 1.54) is 0 Å². The Labute approximate surface area is 156 Å². The second-order valence-electron chi connectivity index (χ2n) is 5.60. The molecule has 0 atom stereocenters. The van der Waals surface area contributed by atoms with Crippen molar-refractivity contribution in [3.05, 3.63) is 9.66 Å². The van der Waals surface area contributed by atoms with Gasteiger partial charge in [-0.1, -0.05) is 32.6 Å². The Hall–Kier alpha value is -0.300. The zero-order valence-corrected chi connectivity index (χ0v) is 15.5. The van der Waals surface area contributed by atoms with Gasteiger partial charge < -0.3 is 0 Å². The molecule has 0 aromatic heterocycles. The molecule has 156 valence electrons. The highest BCUT2D eigenvalue weighted by Crippen LogP contribution is 2.57. The van der Waals surface area contributed by atoms with Gasteiger partial charge >= 0.3 is 29.9 Å². The second kappa shape index (κ2) is 8.80. The molecule has 0 amide bonds. The SMILES string of the molecule is CCCCCCCC(I)=CC(F)(F)C(F)(F)C(F)(F)C(F)(F)C(F)(F)F. The maximum absolute atomic E-state index is 13.5. The number of alkyl halides is 11. The van der Waals surface area contributed by atoms with Crippen LogP contribution in [0.2, 0.25) is 0 Å². The average molecular weight is 520 g/mol. The van der Waals surface area contributed by atoms with Crippen LogP contribution in [0.25, 0.3) is 0 Å². The van der Waals surface area contributed by atoms with Gasteiger partial charge in [-0.05, 0) is 39.0 Å². The van der Waals surface area contributed by atoms with Crippen molar-refractivity contribution < 1.29 is 48.3 Å². The van der Waals surface area contributed by atoms with Gasteiger partial charge in [0.25, 0.3) is 0 Å². The molecule has 0 saturated heterocycles. The summed E-state index contributed by atoms with van der Waals surface area (Å²) in [6.45, 7) is 1.89. The molecule has 0 fully saturated rings. The molecule has 0 radical (unpaired) electrons. The molecule has 0 saturated carbocycles. The fourth-order valence-corrected chi connectivity index (χ4v) is 2.61. The van der Waals surface area contributed by atoms with E-state index in [0.29, 0.717) is 12.8 Å². The Morgan fingerprint density at radius 2 is 1.15 bits per heavy atom. The Bertz CT molecular complexity index is 480. The van der Waals surface area contributed by atoms with Crippen LogP contribution in [0.5, 0.6) is 0 Å². The molecule has 0 N–H and O–H groups in total. The lowest BCUT2D eigenvalue weighted by Gasteiger charge is -2.36. The van der Waals surface area contributed by atoms with E-state index >= 15 is 0 Å². The van der Waals surface area contributed by atoms with Gasteiger partial charge in [0.15, 0.2) is 0 Å². The molecule has 0 aliphatic carbocycles. The van der Waals surface area contributed by atoms with Gasteiger partial charge in [0, 0.05) is 6.08 Å². The summed E-state index contributed by atoms with van der Waals surface area (Å²) in [5.41, 5.74) is 0. The molecule has 12 heteroatoms. The zero-order valence-electron chi connectivity index (χ0n) is 13.4. The maximum Gasteiger partial charge on any atom is 0.460 e. The van der Waals surface area contributed by atoms with E-state index < -0.39 is 39.5 Å². The summed E-state index contributed by atoms with van der Waals surface area (Å²) in [6, 6.07) is 0. The first kappa shape index (κ1) is 25.7. The van der Waals surface area contributed by atoms with Crippen molar-refractivity contribution in [1.82, 2.24) is 0 Å². The molecule has 0 nitrogen and oxygen atoms in total. The van der Waals surface area contributed by atoms with Crippen LogP contribution in [0.15, 0.2) is 9.66 Å². The van der Waals surface area contributed by atoms with Gasteiger partial charge in [0.1, 0.15) is 0 Å². The first-order chi connectivity index (χ1) is 11.5. The predicted octanol–water partition coefficient (Wildman–Crippen LogP) is 7.77. The Morgan fingerprint density at radius 1 is 0.692 bits per heavy atom. The molecule has 26 heavy (non-hydrogen) atoms. The zero-order chi connectivity index (χ0) is 21.0. The number of hydrogen-bond acceptors (Lipinski definition) is 0. The van der Waals surface area contributed by atoms with Crippen molar-refractivity contribution in [3.63, 3.8) is 0 Å². The average Bonchev–Trinajstić information content (AvgIpc) is 2.44. The number of unbranched alkanes of at least 4 members (excludes halogenated alkanes) is 4. The quantitative estimate of drug-likeness (QED) is 0.157. The summed E-state index contributed by atoms with van der Waals surface area (Å²) in [5, 5.41) is 0. The van der Waals surface area contributed by atoms with Gasteiger partial charge in [-0.2, -0.15) is 48.3 Å². The third-order valence-corrected chi connectivity index (χ3v) is 4.27. The van der Waals surface area contributed by atoms with Crippen molar-refractivity contribution in [2.45, 2.75) is 75.3 Å². The molecular weight excluding hydrogens is 504 g/mol. The molecule has 0 rings (SSSR count). The van der Waals surface area contributed by atoms with Crippen LogP contribution >= 0.6 is 22.6 Å². The van der Waals surface area contributed by atoms with Gasteiger partial charge in [-0.25, -0.2) is 0 Å². The highest BCUT2D eigenvalue weighted by atomic mass is 127. The van der Waals surface area contributed by atoms with Crippen LogP contribution < -0.4 is 0 Å².